The Morgan fingerprint density at radius 2 is 2.25 bits per heavy atom. The fourth-order valence-corrected chi connectivity index (χ4v) is 2.16. The van der Waals surface area contributed by atoms with Crippen LogP contribution in [0.2, 0.25) is 0 Å². The van der Waals surface area contributed by atoms with E-state index in [0.717, 1.165) is 26.1 Å². The summed E-state index contributed by atoms with van der Waals surface area (Å²) in [6.45, 7) is 9.26. The van der Waals surface area contributed by atoms with Crippen molar-refractivity contribution >= 4 is 5.91 Å². The Balaban J connectivity index is 2.30. The number of carbonyl (C=O) groups excluding carboxylic acids is 1. The zero-order valence-corrected chi connectivity index (χ0v) is 11.0. The predicted octanol–water partition coefficient (Wildman–Crippen LogP) is 2.02. The van der Waals surface area contributed by atoms with Crippen LogP contribution in [-0.4, -0.2) is 36.5 Å². The normalized spacial score (nSPS) is 20.4. The van der Waals surface area contributed by atoms with E-state index in [0.29, 0.717) is 24.3 Å². The van der Waals surface area contributed by atoms with E-state index < -0.39 is 0 Å². The molecule has 0 radical (unpaired) electrons. The van der Waals surface area contributed by atoms with Crippen molar-refractivity contribution in [2.45, 2.75) is 52.5 Å². The highest BCUT2D eigenvalue weighted by atomic mass is 16.2. The van der Waals surface area contributed by atoms with Crippen molar-refractivity contribution in [1.29, 1.82) is 0 Å². The van der Waals surface area contributed by atoms with E-state index in [1.165, 1.54) is 12.8 Å². The van der Waals surface area contributed by atoms with Crippen LogP contribution < -0.4 is 5.32 Å². The molecule has 0 aromatic carbocycles. The van der Waals surface area contributed by atoms with E-state index >= 15 is 0 Å². The highest BCUT2D eigenvalue weighted by molar-refractivity contribution is 5.76. The van der Waals surface area contributed by atoms with Gasteiger partial charge in [0.1, 0.15) is 0 Å². The summed E-state index contributed by atoms with van der Waals surface area (Å²) in [4.78, 5) is 14.0. The van der Waals surface area contributed by atoms with E-state index in [-0.39, 0.29) is 0 Å². The number of hydrogen-bond acceptors (Lipinski definition) is 2. The van der Waals surface area contributed by atoms with Gasteiger partial charge >= 0.3 is 0 Å². The molecule has 3 nitrogen and oxygen atoms in total. The zero-order chi connectivity index (χ0) is 12.0. The third-order valence-electron chi connectivity index (χ3n) is 3.27. The molecule has 1 unspecified atom stereocenters. The Morgan fingerprint density at radius 1 is 1.50 bits per heavy atom. The summed E-state index contributed by atoms with van der Waals surface area (Å²) >= 11 is 0. The smallest absolute Gasteiger partial charge is 0.222 e. The summed E-state index contributed by atoms with van der Waals surface area (Å²) in [5.74, 6) is 0.942. The topological polar surface area (TPSA) is 32.3 Å². The van der Waals surface area contributed by atoms with Crippen molar-refractivity contribution in [2.24, 2.45) is 5.92 Å². The summed E-state index contributed by atoms with van der Waals surface area (Å²) < 4.78 is 0. The van der Waals surface area contributed by atoms with Crippen LogP contribution in [0.3, 0.4) is 0 Å². The quantitative estimate of drug-likeness (QED) is 0.751. The first-order valence-electron chi connectivity index (χ1n) is 6.64. The fourth-order valence-electron chi connectivity index (χ4n) is 2.16. The van der Waals surface area contributed by atoms with Crippen LogP contribution in [0.1, 0.15) is 46.5 Å². The first-order chi connectivity index (χ1) is 7.63. The van der Waals surface area contributed by atoms with Gasteiger partial charge in [-0.05, 0) is 38.6 Å². The van der Waals surface area contributed by atoms with Gasteiger partial charge in [-0.1, -0.05) is 13.8 Å². The summed E-state index contributed by atoms with van der Waals surface area (Å²) in [5.41, 5.74) is 0. The van der Waals surface area contributed by atoms with Crippen molar-refractivity contribution in [1.82, 2.24) is 10.2 Å². The first-order valence-corrected chi connectivity index (χ1v) is 6.64. The second kappa shape index (κ2) is 6.89. The molecule has 1 amide bonds. The minimum Gasteiger partial charge on any atom is -0.341 e. The van der Waals surface area contributed by atoms with Gasteiger partial charge in [0.05, 0.1) is 0 Å². The van der Waals surface area contributed by atoms with Gasteiger partial charge in [0.2, 0.25) is 5.91 Å². The summed E-state index contributed by atoms with van der Waals surface area (Å²) in [5, 5.41) is 3.45. The predicted molar refractivity (Wildman–Crippen MR) is 67.4 cm³/mol. The standard InChI is InChI=1S/C13H26N2O/c1-4-15(10-12-6-5-9-14-12)13(16)8-7-11(2)3/h11-12,14H,4-10H2,1-3H3. The Kier molecular flexibility index (Phi) is 5.81. The number of nitrogens with zero attached hydrogens (tertiary/aromatic N) is 1. The zero-order valence-electron chi connectivity index (χ0n) is 11.0. The van der Waals surface area contributed by atoms with Gasteiger partial charge in [-0.15, -0.1) is 0 Å². The van der Waals surface area contributed by atoms with Gasteiger partial charge in [-0.2, -0.15) is 0 Å². The van der Waals surface area contributed by atoms with Gasteiger partial charge in [-0.3, -0.25) is 4.79 Å². The average Bonchev–Trinajstić information content (AvgIpc) is 2.75. The molecule has 1 fully saturated rings. The molecule has 16 heavy (non-hydrogen) atoms. The van der Waals surface area contributed by atoms with E-state index in [4.69, 9.17) is 0 Å². The van der Waals surface area contributed by atoms with Crippen LogP contribution in [0.4, 0.5) is 0 Å². The van der Waals surface area contributed by atoms with Gasteiger partial charge in [0.25, 0.3) is 0 Å². The SMILES string of the molecule is CCN(CC1CCCN1)C(=O)CCC(C)C. The van der Waals surface area contributed by atoms with Crippen LogP contribution in [0.5, 0.6) is 0 Å². The lowest BCUT2D eigenvalue weighted by molar-refractivity contribution is -0.131. The molecular weight excluding hydrogens is 200 g/mol. The number of amides is 1. The molecule has 1 atom stereocenters. The van der Waals surface area contributed by atoms with E-state index in [9.17, 15) is 4.79 Å². The lowest BCUT2D eigenvalue weighted by atomic mass is 10.1. The van der Waals surface area contributed by atoms with Gasteiger partial charge in [-0.25, -0.2) is 0 Å². The molecule has 0 aromatic rings. The molecule has 1 heterocycles. The van der Waals surface area contributed by atoms with Crippen molar-refractivity contribution in [3.05, 3.63) is 0 Å². The van der Waals surface area contributed by atoms with Crippen molar-refractivity contribution in [2.75, 3.05) is 19.6 Å². The maximum absolute atomic E-state index is 12.0. The molecule has 0 saturated carbocycles. The monoisotopic (exact) mass is 226 g/mol. The molecular formula is C13H26N2O. The fraction of sp³-hybridized carbons (Fsp3) is 0.923. The number of likely N-dealkylation sites (N-methyl/N-ethyl adjacent to an activating group) is 1. The Morgan fingerprint density at radius 3 is 2.75 bits per heavy atom. The minimum atomic E-state index is 0.324. The lowest BCUT2D eigenvalue weighted by Crippen LogP contribution is -2.41. The third-order valence-corrected chi connectivity index (χ3v) is 3.27. The largest absolute Gasteiger partial charge is 0.341 e. The summed E-state index contributed by atoms with van der Waals surface area (Å²) in [6.07, 6.45) is 4.18. The van der Waals surface area contributed by atoms with E-state index in [1.54, 1.807) is 0 Å². The lowest BCUT2D eigenvalue weighted by Gasteiger charge is -2.24. The molecule has 1 aliphatic rings. The highest BCUT2D eigenvalue weighted by Gasteiger charge is 2.20. The van der Waals surface area contributed by atoms with E-state index in [2.05, 4.69) is 26.1 Å². The first kappa shape index (κ1) is 13.5. The Hall–Kier alpha value is -0.570. The van der Waals surface area contributed by atoms with Crippen LogP contribution in [0.15, 0.2) is 0 Å². The van der Waals surface area contributed by atoms with Crippen LogP contribution in [0.25, 0.3) is 0 Å². The highest BCUT2D eigenvalue weighted by Crippen LogP contribution is 2.10. The molecule has 0 aliphatic carbocycles. The molecule has 1 saturated heterocycles. The summed E-state index contributed by atoms with van der Waals surface area (Å²) in [7, 11) is 0. The van der Waals surface area contributed by atoms with E-state index in [1.807, 2.05) is 4.90 Å². The Bertz CT molecular complexity index is 210. The van der Waals surface area contributed by atoms with Crippen LogP contribution in [0, 0.1) is 5.92 Å². The second-order valence-corrected chi connectivity index (χ2v) is 5.16. The molecule has 1 N–H and O–H groups in total. The van der Waals surface area contributed by atoms with Crippen molar-refractivity contribution in [3.8, 4) is 0 Å². The number of hydrogen-bond donors (Lipinski definition) is 1. The average molecular weight is 226 g/mol. The van der Waals surface area contributed by atoms with Gasteiger partial charge in [0.15, 0.2) is 0 Å². The molecule has 1 aliphatic heterocycles. The second-order valence-electron chi connectivity index (χ2n) is 5.16. The number of carbonyl (C=O) groups is 1. The van der Waals surface area contributed by atoms with Crippen LogP contribution in [-0.2, 0) is 4.79 Å². The van der Waals surface area contributed by atoms with Crippen LogP contribution >= 0.6 is 0 Å². The maximum Gasteiger partial charge on any atom is 0.222 e. The molecule has 1 rings (SSSR count). The molecule has 3 heteroatoms. The molecule has 0 aromatic heterocycles. The third kappa shape index (κ3) is 4.52. The molecule has 0 spiro atoms. The maximum atomic E-state index is 12.0. The van der Waals surface area contributed by atoms with Crippen molar-refractivity contribution in [3.63, 3.8) is 0 Å². The van der Waals surface area contributed by atoms with Gasteiger partial charge < -0.3 is 10.2 Å². The van der Waals surface area contributed by atoms with Crippen molar-refractivity contribution < 1.29 is 4.79 Å². The molecule has 94 valence electrons. The summed E-state index contributed by atoms with van der Waals surface area (Å²) in [6, 6.07) is 0.531. The van der Waals surface area contributed by atoms with Gasteiger partial charge in [0, 0.05) is 25.6 Å². The number of nitrogens with one attached hydrogen (secondary N) is 1. The molecule has 0 bridgehead atoms. The minimum absolute atomic E-state index is 0.324. The number of rotatable bonds is 6. The Labute approximate surface area is 99.6 Å².